The van der Waals surface area contributed by atoms with Crippen molar-refractivity contribution in [3.05, 3.63) is 0 Å². The summed E-state index contributed by atoms with van der Waals surface area (Å²) in [5.74, 6) is -0.583. The van der Waals surface area contributed by atoms with Gasteiger partial charge in [-0.25, -0.2) is 17.9 Å². The van der Waals surface area contributed by atoms with Crippen LogP contribution in [0, 0.1) is 0 Å². The van der Waals surface area contributed by atoms with Gasteiger partial charge in [0.1, 0.15) is 5.60 Å². The molecule has 0 spiro atoms. The van der Waals surface area contributed by atoms with Crippen molar-refractivity contribution >= 4 is 22.1 Å². The van der Waals surface area contributed by atoms with Gasteiger partial charge in [-0.05, 0) is 27.2 Å². The van der Waals surface area contributed by atoms with Crippen LogP contribution in [0.2, 0.25) is 0 Å². The van der Waals surface area contributed by atoms with E-state index in [1.165, 1.54) is 12.0 Å². The molecule has 1 aliphatic rings. The number of hydrogen-bond donors (Lipinski definition) is 1. The predicted octanol–water partition coefficient (Wildman–Crippen LogP) is 0.478. The van der Waals surface area contributed by atoms with Crippen molar-refractivity contribution in [3.63, 3.8) is 0 Å². The maximum atomic E-state index is 11.8. The number of likely N-dealkylation sites (tertiary alicyclic amines) is 1. The Balaban J connectivity index is 2.29. The first-order chi connectivity index (χ1) is 10.0. The molecule has 1 saturated heterocycles. The second-order valence-electron chi connectivity index (χ2n) is 6.20. The Kier molecular flexibility index (Phi) is 6.18. The standard InChI is InChI=1S/C13H24N2O6S/c1-13(2,3)21-12(17)15-8-10(9-15)14-22(18,19)7-5-6-11(16)20-4/h10,14H,5-9H2,1-4H3. The molecule has 9 heteroatoms. The van der Waals surface area contributed by atoms with E-state index in [0.717, 1.165) is 0 Å². The fourth-order valence-electron chi connectivity index (χ4n) is 1.85. The lowest BCUT2D eigenvalue weighted by Gasteiger charge is -2.39. The summed E-state index contributed by atoms with van der Waals surface area (Å²) in [5.41, 5.74) is -0.574. The lowest BCUT2D eigenvalue weighted by atomic mass is 10.1. The smallest absolute Gasteiger partial charge is 0.410 e. The number of sulfonamides is 1. The van der Waals surface area contributed by atoms with Gasteiger partial charge in [0.15, 0.2) is 0 Å². The van der Waals surface area contributed by atoms with E-state index >= 15 is 0 Å². The van der Waals surface area contributed by atoms with E-state index < -0.39 is 27.7 Å². The number of nitrogens with one attached hydrogen (secondary N) is 1. The van der Waals surface area contributed by atoms with E-state index in [9.17, 15) is 18.0 Å². The number of carbonyl (C=O) groups excluding carboxylic acids is 2. The summed E-state index contributed by atoms with van der Waals surface area (Å²) in [6, 6.07) is -0.310. The molecule has 0 unspecified atom stereocenters. The van der Waals surface area contributed by atoms with Crippen LogP contribution in [0.1, 0.15) is 33.6 Å². The quantitative estimate of drug-likeness (QED) is 0.708. The third-order valence-corrected chi connectivity index (χ3v) is 4.42. The van der Waals surface area contributed by atoms with Crippen LogP contribution in [-0.2, 0) is 24.3 Å². The fraction of sp³-hybridized carbons (Fsp3) is 0.846. The molecule has 128 valence electrons. The van der Waals surface area contributed by atoms with Crippen LogP contribution in [0.25, 0.3) is 0 Å². The molecular weight excluding hydrogens is 312 g/mol. The van der Waals surface area contributed by atoms with Gasteiger partial charge >= 0.3 is 12.1 Å². The summed E-state index contributed by atoms with van der Waals surface area (Å²) in [5, 5.41) is 0. The maximum absolute atomic E-state index is 11.8. The van der Waals surface area contributed by atoms with Crippen LogP contribution in [0.5, 0.6) is 0 Å². The van der Waals surface area contributed by atoms with Crippen molar-refractivity contribution in [2.75, 3.05) is 26.0 Å². The number of methoxy groups -OCH3 is 1. The van der Waals surface area contributed by atoms with E-state index in [1.54, 1.807) is 20.8 Å². The highest BCUT2D eigenvalue weighted by atomic mass is 32.2. The van der Waals surface area contributed by atoms with Crippen molar-refractivity contribution in [2.45, 2.75) is 45.3 Å². The van der Waals surface area contributed by atoms with Crippen LogP contribution >= 0.6 is 0 Å². The zero-order chi connectivity index (χ0) is 17.0. The molecule has 1 N–H and O–H groups in total. The summed E-state index contributed by atoms with van der Waals surface area (Å²) in [4.78, 5) is 24.1. The zero-order valence-electron chi connectivity index (χ0n) is 13.4. The van der Waals surface area contributed by atoms with Gasteiger partial charge in [-0.1, -0.05) is 0 Å². The van der Waals surface area contributed by atoms with Gasteiger partial charge in [0.05, 0.1) is 18.9 Å². The molecule has 0 aliphatic carbocycles. The number of nitrogens with zero attached hydrogens (tertiary/aromatic N) is 1. The molecule has 0 atom stereocenters. The summed E-state index contributed by atoms with van der Waals surface area (Å²) >= 11 is 0. The Morgan fingerprint density at radius 3 is 2.36 bits per heavy atom. The summed E-state index contributed by atoms with van der Waals surface area (Å²) in [6.07, 6.45) is -0.190. The van der Waals surface area contributed by atoms with E-state index in [0.29, 0.717) is 0 Å². The van der Waals surface area contributed by atoms with Crippen molar-refractivity contribution in [1.29, 1.82) is 0 Å². The van der Waals surface area contributed by atoms with E-state index in [1.807, 2.05) is 0 Å². The van der Waals surface area contributed by atoms with Gasteiger partial charge in [0, 0.05) is 19.5 Å². The van der Waals surface area contributed by atoms with Crippen LogP contribution in [0.15, 0.2) is 0 Å². The third-order valence-electron chi connectivity index (χ3n) is 2.90. The zero-order valence-corrected chi connectivity index (χ0v) is 14.2. The number of esters is 1. The lowest BCUT2D eigenvalue weighted by Crippen LogP contribution is -2.61. The molecule has 1 aliphatic heterocycles. The second kappa shape index (κ2) is 7.28. The van der Waals surface area contributed by atoms with Crippen LogP contribution in [0.3, 0.4) is 0 Å². The summed E-state index contributed by atoms with van der Waals surface area (Å²) < 4.78 is 35.8. The summed E-state index contributed by atoms with van der Waals surface area (Å²) in [7, 11) is -2.21. The van der Waals surface area contributed by atoms with Gasteiger partial charge in [-0.2, -0.15) is 0 Å². The van der Waals surface area contributed by atoms with Gasteiger partial charge in [-0.3, -0.25) is 4.79 Å². The van der Waals surface area contributed by atoms with Crippen molar-refractivity contribution < 1.29 is 27.5 Å². The van der Waals surface area contributed by atoms with Crippen molar-refractivity contribution in [1.82, 2.24) is 9.62 Å². The highest BCUT2D eigenvalue weighted by Gasteiger charge is 2.35. The first kappa shape index (κ1) is 18.7. The van der Waals surface area contributed by atoms with Crippen LogP contribution in [-0.4, -0.2) is 63.0 Å². The van der Waals surface area contributed by atoms with E-state index in [2.05, 4.69) is 9.46 Å². The van der Waals surface area contributed by atoms with Gasteiger partial charge in [0.25, 0.3) is 0 Å². The molecule has 0 radical (unpaired) electrons. The van der Waals surface area contributed by atoms with Gasteiger partial charge < -0.3 is 14.4 Å². The topological polar surface area (TPSA) is 102 Å². The second-order valence-corrected chi connectivity index (χ2v) is 8.07. The molecule has 0 aromatic heterocycles. The molecule has 0 aromatic carbocycles. The lowest BCUT2D eigenvalue weighted by molar-refractivity contribution is -0.140. The molecule has 1 heterocycles. The Morgan fingerprint density at radius 2 is 1.86 bits per heavy atom. The normalized spacial score (nSPS) is 16.1. The Labute approximate surface area is 131 Å². The van der Waals surface area contributed by atoms with Crippen LogP contribution in [0.4, 0.5) is 4.79 Å². The number of carbonyl (C=O) groups is 2. The Morgan fingerprint density at radius 1 is 1.27 bits per heavy atom. The molecule has 8 nitrogen and oxygen atoms in total. The SMILES string of the molecule is COC(=O)CCCS(=O)(=O)NC1CN(C(=O)OC(C)(C)C)C1. The summed E-state index contributed by atoms with van der Waals surface area (Å²) in [6.45, 7) is 5.88. The predicted molar refractivity (Wildman–Crippen MR) is 79.8 cm³/mol. The fourth-order valence-corrected chi connectivity index (χ4v) is 3.15. The minimum atomic E-state index is -3.47. The number of ether oxygens (including phenoxy) is 2. The molecule has 0 bridgehead atoms. The highest BCUT2D eigenvalue weighted by Crippen LogP contribution is 2.15. The van der Waals surface area contributed by atoms with E-state index in [-0.39, 0.29) is 37.7 Å². The molecular formula is C13H24N2O6S. The first-order valence-electron chi connectivity index (χ1n) is 7.07. The van der Waals surface area contributed by atoms with Gasteiger partial charge in [0.2, 0.25) is 10.0 Å². The Hall–Kier alpha value is -1.35. The van der Waals surface area contributed by atoms with Crippen molar-refractivity contribution in [3.8, 4) is 0 Å². The van der Waals surface area contributed by atoms with Gasteiger partial charge in [-0.15, -0.1) is 0 Å². The molecule has 1 fully saturated rings. The van der Waals surface area contributed by atoms with Crippen molar-refractivity contribution in [2.24, 2.45) is 0 Å². The third kappa shape index (κ3) is 6.61. The Bertz CT molecular complexity index is 505. The molecule has 22 heavy (non-hydrogen) atoms. The average molecular weight is 336 g/mol. The average Bonchev–Trinajstić information content (AvgIpc) is 2.30. The number of amides is 1. The minimum absolute atomic E-state index is 0.0616. The molecule has 1 rings (SSSR count). The largest absolute Gasteiger partial charge is 0.469 e. The first-order valence-corrected chi connectivity index (χ1v) is 8.72. The number of hydrogen-bond acceptors (Lipinski definition) is 6. The number of rotatable bonds is 6. The molecule has 1 amide bonds. The maximum Gasteiger partial charge on any atom is 0.410 e. The molecule has 0 saturated carbocycles. The minimum Gasteiger partial charge on any atom is -0.469 e. The monoisotopic (exact) mass is 336 g/mol. The van der Waals surface area contributed by atoms with E-state index in [4.69, 9.17) is 4.74 Å². The highest BCUT2D eigenvalue weighted by molar-refractivity contribution is 7.89. The molecule has 0 aromatic rings. The van der Waals surface area contributed by atoms with Crippen LogP contribution < -0.4 is 4.72 Å².